The lowest BCUT2D eigenvalue weighted by Gasteiger charge is -2.21. The van der Waals surface area contributed by atoms with Gasteiger partial charge in [-0.25, -0.2) is 0 Å². The summed E-state index contributed by atoms with van der Waals surface area (Å²) in [6.07, 6.45) is 0. The normalized spacial score (nSPS) is 13.7. The fourth-order valence-corrected chi connectivity index (χ4v) is 3.22. The molecule has 1 aliphatic rings. The number of fused-ring (bicyclic) bond motifs is 2. The average Bonchev–Trinajstić information content (AvgIpc) is 3.16. The topological polar surface area (TPSA) is 95.3 Å². The zero-order valence-electron chi connectivity index (χ0n) is 15.6. The van der Waals surface area contributed by atoms with Crippen molar-refractivity contribution < 1.29 is 14.3 Å². The molecule has 1 unspecified atom stereocenters. The van der Waals surface area contributed by atoms with E-state index in [1.165, 1.54) is 4.68 Å². The van der Waals surface area contributed by atoms with Gasteiger partial charge in [0.25, 0.3) is 5.56 Å². The van der Waals surface area contributed by atoms with E-state index in [9.17, 15) is 9.59 Å². The number of hydrogen-bond acceptors (Lipinski definition) is 6. The highest BCUT2D eigenvalue weighted by Gasteiger charge is 2.27. The molecular weight excluding hydrogens is 360 g/mol. The molecule has 1 N–H and O–H groups in total. The highest BCUT2D eigenvalue weighted by atomic mass is 16.7. The van der Waals surface area contributed by atoms with Crippen LogP contribution in [0.15, 0.2) is 47.3 Å². The van der Waals surface area contributed by atoms with Crippen molar-refractivity contribution in [1.29, 1.82) is 0 Å². The van der Waals surface area contributed by atoms with Crippen molar-refractivity contribution in [3.05, 3.63) is 58.4 Å². The Balaban J connectivity index is 1.57. The molecule has 0 saturated carbocycles. The number of ether oxygens (including phenoxy) is 2. The van der Waals surface area contributed by atoms with Gasteiger partial charge in [-0.2, -0.15) is 4.68 Å². The fraction of sp³-hybridized carbons (Fsp3) is 0.300. The van der Waals surface area contributed by atoms with E-state index in [4.69, 9.17) is 9.47 Å². The van der Waals surface area contributed by atoms with Gasteiger partial charge in [0.2, 0.25) is 12.7 Å². The fourth-order valence-electron chi connectivity index (χ4n) is 3.22. The number of nitrogens with one attached hydrogen (secondary N) is 1. The predicted molar refractivity (Wildman–Crippen MR) is 102 cm³/mol. The second-order valence-electron chi connectivity index (χ2n) is 6.95. The van der Waals surface area contributed by atoms with Gasteiger partial charge in [-0.05, 0) is 35.7 Å². The summed E-state index contributed by atoms with van der Waals surface area (Å²) in [5.41, 5.74) is 1.05. The SMILES string of the molecule is CC(C)C(C(=O)NCc1ccc2c(c1)OCO2)n1nnc2ccccc2c1=O. The molecule has 2 aromatic carbocycles. The smallest absolute Gasteiger partial charge is 0.278 e. The van der Waals surface area contributed by atoms with Crippen molar-refractivity contribution in [3.8, 4) is 11.5 Å². The molecule has 4 rings (SSSR count). The molecule has 2 heterocycles. The Morgan fingerprint density at radius 2 is 1.96 bits per heavy atom. The van der Waals surface area contributed by atoms with Crippen LogP contribution in [0.1, 0.15) is 25.5 Å². The van der Waals surface area contributed by atoms with Gasteiger partial charge in [0.05, 0.1) is 5.39 Å². The summed E-state index contributed by atoms with van der Waals surface area (Å²) < 4.78 is 11.8. The monoisotopic (exact) mass is 380 g/mol. The quantitative estimate of drug-likeness (QED) is 0.728. The van der Waals surface area contributed by atoms with E-state index in [2.05, 4.69) is 15.6 Å². The van der Waals surface area contributed by atoms with Crippen LogP contribution in [0.5, 0.6) is 11.5 Å². The molecule has 28 heavy (non-hydrogen) atoms. The van der Waals surface area contributed by atoms with Crippen LogP contribution in [-0.2, 0) is 11.3 Å². The molecule has 0 aliphatic carbocycles. The molecule has 0 bridgehead atoms. The minimum Gasteiger partial charge on any atom is -0.454 e. The van der Waals surface area contributed by atoms with Gasteiger partial charge < -0.3 is 14.8 Å². The number of hydrogen-bond donors (Lipinski definition) is 1. The van der Waals surface area contributed by atoms with Crippen molar-refractivity contribution in [2.75, 3.05) is 6.79 Å². The van der Waals surface area contributed by atoms with Gasteiger partial charge in [0.15, 0.2) is 11.5 Å². The Hall–Kier alpha value is -3.42. The molecular formula is C20H20N4O4. The van der Waals surface area contributed by atoms with Crippen LogP contribution in [0, 0.1) is 5.92 Å². The Bertz CT molecular complexity index is 1090. The molecule has 1 aliphatic heterocycles. The lowest BCUT2D eigenvalue weighted by Crippen LogP contribution is -2.41. The summed E-state index contributed by atoms with van der Waals surface area (Å²) in [4.78, 5) is 25.7. The predicted octanol–water partition coefficient (Wildman–Crippen LogP) is 2.03. The molecule has 8 nitrogen and oxygen atoms in total. The van der Waals surface area contributed by atoms with Crippen molar-refractivity contribution in [2.24, 2.45) is 5.92 Å². The molecule has 8 heteroatoms. The standard InChI is InChI=1S/C20H20N4O4/c1-12(2)18(24-20(26)14-5-3-4-6-15(14)22-23-24)19(25)21-10-13-7-8-16-17(9-13)28-11-27-16/h3-9,12,18H,10-11H2,1-2H3,(H,21,25). The van der Waals surface area contributed by atoms with Crippen LogP contribution >= 0.6 is 0 Å². The third-order valence-electron chi connectivity index (χ3n) is 4.66. The van der Waals surface area contributed by atoms with E-state index >= 15 is 0 Å². The van der Waals surface area contributed by atoms with Gasteiger partial charge >= 0.3 is 0 Å². The molecule has 1 amide bonds. The second-order valence-corrected chi connectivity index (χ2v) is 6.95. The first-order valence-electron chi connectivity index (χ1n) is 9.05. The number of amides is 1. The zero-order valence-corrected chi connectivity index (χ0v) is 15.6. The van der Waals surface area contributed by atoms with Gasteiger partial charge in [0, 0.05) is 6.54 Å². The van der Waals surface area contributed by atoms with Gasteiger partial charge in [-0.1, -0.05) is 37.3 Å². The Labute approximate surface area is 161 Å². The van der Waals surface area contributed by atoms with Crippen LogP contribution < -0.4 is 20.3 Å². The lowest BCUT2D eigenvalue weighted by atomic mass is 10.0. The summed E-state index contributed by atoms with van der Waals surface area (Å²) in [5.74, 6) is 0.904. The molecule has 1 aromatic heterocycles. The minimum absolute atomic E-state index is 0.148. The highest BCUT2D eigenvalue weighted by molar-refractivity contribution is 5.81. The van der Waals surface area contributed by atoms with Crippen molar-refractivity contribution >= 4 is 16.8 Å². The first-order valence-corrected chi connectivity index (χ1v) is 9.05. The van der Waals surface area contributed by atoms with Crippen LogP contribution in [-0.4, -0.2) is 27.7 Å². The summed E-state index contributed by atoms with van der Waals surface area (Å²) in [7, 11) is 0. The van der Waals surface area contributed by atoms with Gasteiger partial charge in [-0.3, -0.25) is 9.59 Å². The molecule has 0 saturated heterocycles. The molecule has 3 aromatic rings. The molecule has 1 atom stereocenters. The van der Waals surface area contributed by atoms with E-state index in [-0.39, 0.29) is 24.2 Å². The summed E-state index contributed by atoms with van der Waals surface area (Å²) in [6.45, 7) is 4.24. The summed E-state index contributed by atoms with van der Waals surface area (Å²) in [5, 5.41) is 11.4. The first kappa shape index (κ1) is 18.0. The van der Waals surface area contributed by atoms with Gasteiger partial charge in [-0.15, -0.1) is 5.10 Å². The summed E-state index contributed by atoms with van der Waals surface area (Å²) >= 11 is 0. The Kier molecular flexibility index (Phi) is 4.68. The molecule has 0 radical (unpaired) electrons. The van der Waals surface area contributed by atoms with Crippen molar-refractivity contribution in [3.63, 3.8) is 0 Å². The van der Waals surface area contributed by atoms with E-state index < -0.39 is 6.04 Å². The largest absolute Gasteiger partial charge is 0.454 e. The Morgan fingerprint density at radius 1 is 1.18 bits per heavy atom. The number of carbonyl (C=O) groups is 1. The van der Waals surface area contributed by atoms with Crippen LogP contribution in [0.3, 0.4) is 0 Å². The number of rotatable bonds is 5. The Morgan fingerprint density at radius 3 is 2.79 bits per heavy atom. The third-order valence-corrected chi connectivity index (χ3v) is 4.66. The van der Waals surface area contributed by atoms with E-state index in [1.54, 1.807) is 24.3 Å². The maximum absolute atomic E-state index is 12.9. The van der Waals surface area contributed by atoms with E-state index in [0.29, 0.717) is 28.9 Å². The first-order chi connectivity index (χ1) is 13.5. The molecule has 0 spiro atoms. The highest BCUT2D eigenvalue weighted by Crippen LogP contribution is 2.32. The van der Waals surface area contributed by atoms with E-state index in [0.717, 1.165) is 5.56 Å². The van der Waals surface area contributed by atoms with Gasteiger partial charge in [0.1, 0.15) is 11.6 Å². The number of carbonyl (C=O) groups excluding carboxylic acids is 1. The average molecular weight is 380 g/mol. The maximum Gasteiger partial charge on any atom is 0.278 e. The number of aromatic nitrogens is 3. The third kappa shape index (κ3) is 3.28. The lowest BCUT2D eigenvalue weighted by molar-refractivity contribution is -0.126. The minimum atomic E-state index is -0.765. The van der Waals surface area contributed by atoms with Crippen LogP contribution in [0.25, 0.3) is 10.9 Å². The van der Waals surface area contributed by atoms with Crippen molar-refractivity contribution in [1.82, 2.24) is 20.3 Å². The van der Waals surface area contributed by atoms with E-state index in [1.807, 2.05) is 32.0 Å². The summed E-state index contributed by atoms with van der Waals surface area (Å²) in [6, 6.07) is 11.7. The molecule has 144 valence electrons. The van der Waals surface area contributed by atoms with Crippen molar-refractivity contribution in [2.45, 2.75) is 26.4 Å². The molecule has 0 fully saturated rings. The second kappa shape index (κ2) is 7.30. The zero-order chi connectivity index (χ0) is 19.7. The maximum atomic E-state index is 12.9. The number of nitrogens with zero attached hydrogens (tertiary/aromatic N) is 3. The number of benzene rings is 2. The van der Waals surface area contributed by atoms with Crippen LogP contribution in [0.4, 0.5) is 0 Å². The van der Waals surface area contributed by atoms with Crippen LogP contribution in [0.2, 0.25) is 0 Å².